The molecule has 1 aromatic heterocycles. The van der Waals surface area contributed by atoms with Crippen molar-refractivity contribution in [3.05, 3.63) is 47.5 Å². The largest absolute Gasteiger partial charge is 0.372 e. The van der Waals surface area contributed by atoms with Gasteiger partial charge in [0.2, 0.25) is 0 Å². The Bertz CT molecular complexity index is 837. The van der Waals surface area contributed by atoms with Crippen LogP contribution in [0.25, 0.3) is 0 Å². The van der Waals surface area contributed by atoms with Gasteiger partial charge in [0.1, 0.15) is 12.2 Å². The number of rotatable bonds is 5. The SMILES string of the molecule is CN=C(NCc1ccc(C(=O)N2CC(C)OC(C)C2)cc1)NCc1ncnn1C. The lowest BCUT2D eigenvalue weighted by Crippen LogP contribution is -2.48. The molecule has 2 unspecified atom stereocenters. The quantitative estimate of drug-likeness (QED) is 0.574. The van der Waals surface area contributed by atoms with Crippen LogP contribution in [0.2, 0.25) is 0 Å². The minimum atomic E-state index is 0.0488. The number of carbonyl (C=O) groups is 1. The van der Waals surface area contributed by atoms with Crippen LogP contribution in [0, 0.1) is 0 Å². The van der Waals surface area contributed by atoms with E-state index in [2.05, 4.69) is 25.7 Å². The number of ether oxygens (including phenoxy) is 1. The molecule has 1 aliphatic heterocycles. The number of carbonyl (C=O) groups excluding carboxylic acids is 1. The molecule has 3 rings (SSSR count). The monoisotopic (exact) mass is 399 g/mol. The lowest BCUT2D eigenvalue weighted by molar-refractivity contribution is -0.0586. The van der Waals surface area contributed by atoms with Gasteiger partial charge in [-0.05, 0) is 31.5 Å². The number of guanidine groups is 1. The molecule has 0 bridgehead atoms. The molecule has 1 fully saturated rings. The molecule has 0 radical (unpaired) electrons. The Hall–Kier alpha value is -2.94. The van der Waals surface area contributed by atoms with Crippen molar-refractivity contribution in [3.63, 3.8) is 0 Å². The van der Waals surface area contributed by atoms with E-state index in [0.29, 0.717) is 37.7 Å². The van der Waals surface area contributed by atoms with E-state index in [9.17, 15) is 4.79 Å². The Morgan fingerprint density at radius 2 is 1.83 bits per heavy atom. The molecule has 0 saturated carbocycles. The number of hydrogen-bond donors (Lipinski definition) is 2. The molecule has 2 N–H and O–H groups in total. The van der Waals surface area contributed by atoms with Gasteiger partial charge in [-0.2, -0.15) is 5.10 Å². The Labute approximate surface area is 171 Å². The van der Waals surface area contributed by atoms with Crippen molar-refractivity contribution in [2.45, 2.75) is 39.1 Å². The van der Waals surface area contributed by atoms with Gasteiger partial charge in [-0.25, -0.2) is 4.98 Å². The first-order valence-corrected chi connectivity index (χ1v) is 9.77. The average molecular weight is 399 g/mol. The maximum absolute atomic E-state index is 12.8. The molecular formula is C20H29N7O2. The van der Waals surface area contributed by atoms with E-state index in [-0.39, 0.29) is 18.1 Å². The number of benzene rings is 1. The molecule has 1 saturated heterocycles. The van der Waals surface area contributed by atoms with Gasteiger partial charge in [0.15, 0.2) is 5.96 Å². The molecule has 29 heavy (non-hydrogen) atoms. The van der Waals surface area contributed by atoms with Crippen LogP contribution in [0.15, 0.2) is 35.6 Å². The molecule has 9 heteroatoms. The first-order valence-electron chi connectivity index (χ1n) is 9.77. The number of aromatic nitrogens is 3. The highest BCUT2D eigenvalue weighted by atomic mass is 16.5. The van der Waals surface area contributed by atoms with Crippen LogP contribution < -0.4 is 10.6 Å². The van der Waals surface area contributed by atoms with Gasteiger partial charge in [-0.1, -0.05) is 12.1 Å². The van der Waals surface area contributed by atoms with Gasteiger partial charge in [0, 0.05) is 39.3 Å². The van der Waals surface area contributed by atoms with Crippen molar-refractivity contribution in [1.82, 2.24) is 30.3 Å². The predicted molar refractivity (Wildman–Crippen MR) is 110 cm³/mol. The number of nitrogens with one attached hydrogen (secondary N) is 2. The van der Waals surface area contributed by atoms with Crippen molar-refractivity contribution in [3.8, 4) is 0 Å². The summed E-state index contributed by atoms with van der Waals surface area (Å²) in [6.07, 6.45) is 1.65. The molecule has 2 atom stereocenters. The van der Waals surface area contributed by atoms with Crippen LogP contribution in [-0.2, 0) is 24.9 Å². The van der Waals surface area contributed by atoms with Gasteiger partial charge in [-0.3, -0.25) is 14.5 Å². The second-order valence-corrected chi connectivity index (χ2v) is 7.24. The zero-order chi connectivity index (χ0) is 20.8. The van der Waals surface area contributed by atoms with Crippen LogP contribution in [0.1, 0.15) is 35.6 Å². The van der Waals surface area contributed by atoms with E-state index in [1.54, 1.807) is 11.7 Å². The van der Waals surface area contributed by atoms with E-state index in [0.717, 1.165) is 11.4 Å². The fourth-order valence-electron chi connectivity index (χ4n) is 3.34. The number of hydrogen-bond acceptors (Lipinski definition) is 5. The fourth-order valence-corrected chi connectivity index (χ4v) is 3.34. The van der Waals surface area contributed by atoms with E-state index < -0.39 is 0 Å². The third-order valence-electron chi connectivity index (χ3n) is 4.81. The van der Waals surface area contributed by atoms with Crippen molar-refractivity contribution in [2.75, 3.05) is 20.1 Å². The average Bonchev–Trinajstić information content (AvgIpc) is 3.12. The minimum absolute atomic E-state index is 0.0488. The normalized spacial score (nSPS) is 19.9. The smallest absolute Gasteiger partial charge is 0.254 e. The third kappa shape index (κ3) is 5.54. The minimum Gasteiger partial charge on any atom is -0.372 e. The van der Waals surface area contributed by atoms with Gasteiger partial charge >= 0.3 is 0 Å². The summed E-state index contributed by atoms with van der Waals surface area (Å²) in [5.41, 5.74) is 1.76. The first-order chi connectivity index (χ1) is 14.0. The zero-order valence-electron chi connectivity index (χ0n) is 17.4. The lowest BCUT2D eigenvalue weighted by atomic mass is 10.1. The maximum Gasteiger partial charge on any atom is 0.254 e. The summed E-state index contributed by atoms with van der Waals surface area (Å²) in [6, 6.07) is 7.67. The van der Waals surface area contributed by atoms with Crippen LogP contribution in [-0.4, -0.2) is 63.9 Å². The maximum atomic E-state index is 12.8. The first kappa shape index (κ1) is 20.8. The van der Waals surface area contributed by atoms with Crippen molar-refractivity contribution in [2.24, 2.45) is 12.0 Å². The van der Waals surface area contributed by atoms with E-state index in [1.165, 1.54) is 6.33 Å². The number of aliphatic imine (C=N–C) groups is 1. The summed E-state index contributed by atoms with van der Waals surface area (Å²) in [6.45, 7) is 6.37. The highest BCUT2D eigenvalue weighted by molar-refractivity contribution is 5.94. The highest BCUT2D eigenvalue weighted by Gasteiger charge is 2.26. The second kappa shape index (κ2) is 9.51. The molecule has 0 spiro atoms. The van der Waals surface area contributed by atoms with Gasteiger partial charge in [0.25, 0.3) is 5.91 Å². The summed E-state index contributed by atoms with van der Waals surface area (Å²) in [7, 11) is 3.57. The number of amides is 1. The van der Waals surface area contributed by atoms with Crippen molar-refractivity contribution in [1.29, 1.82) is 0 Å². The van der Waals surface area contributed by atoms with Crippen LogP contribution in [0.4, 0.5) is 0 Å². The van der Waals surface area contributed by atoms with E-state index in [1.807, 2.05) is 50.1 Å². The summed E-state index contributed by atoms with van der Waals surface area (Å²) in [4.78, 5) is 23.0. The molecule has 2 heterocycles. The molecule has 1 aliphatic rings. The van der Waals surface area contributed by atoms with E-state index in [4.69, 9.17) is 4.74 Å². The van der Waals surface area contributed by atoms with Gasteiger partial charge in [0.05, 0.1) is 18.8 Å². The number of morpholine rings is 1. The zero-order valence-corrected chi connectivity index (χ0v) is 17.4. The number of nitrogens with zero attached hydrogens (tertiary/aromatic N) is 5. The summed E-state index contributed by atoms with van der Waals surface area (Å²) < 4.78 is 7.42. The van der Waals surface area contributed by atoms with Crippen LogP contribution >= 0.6 is 0 Å². The summed E-state index contributed by atoms with van der Waals surface area (Å²) >= 11 is 0. The Morgan fingerprint density at radius 3 is 2.41 bits per heavy atom. The van der Waals surface area contributed by atoms with Crippen LogP contribution in [0.5, 0.6) is 0 Å². The predicted octanol–water partition coefficient (Wildman–Crippen LogP) is 0.930. The molecule has 1 aromatic carbocycles. The molecule has 156 valence electrons. The molecule has 2 aromatic rings. The lowest BCUT2D eigenvalue weighted by Gasteiger charge is -2.35. The Balaban J connectivity index is 1.52. The van der Waals surface area contributed by atoms with Crippen LogP contribution in [0.3, 0.4) is 0 Å². The molecule has 0 aliphatic carbocycles. The van der Waals surface area contributed by atoms with Gasteiger partial charge in [-0.15, -0.1) is 0 Å². The van der Waals surface area contributed by atoms with Crippen molar-refractivity contribution < 1.29 is 9.53 Å². The Kier molecular flexibility index (Phi) is 6.82. The van der Waals surface area contributed by atoms with Gasteiger partial charge < -0.3 is 20.3 Å². The summed E-state index contributed by atoms with van der Waals surface area (Å²) in [5.74, 6) is 1.54. The molecule has 9 nitrogen and oxygen atoms in total. The topological polar surface area (TPSA) is 96.7 Å². The number of aryl methyl sites for hydroxylation is 1. The highest BCUT2D eigenvalue weighted by Crippen LogP contribution is 2.15. The van der Waals surface area contributed by atoms with Crippen molar-refractivity contribution >= 4 is 11.9 Å². The molecule has 1 amide bonds. The Morgan fingerprint density at radius 1 is 1.17 bits per heavy atom. The molecular weight excluding hydrogens is 370 g/mol. The standard InChI is InChI=1S/C20H29N7O2/c1-14-11-27(12-15(2)29-14)19(28)17-7-5-16(6-8-17)9-22-20(21-3)23-10-18-24-13-25-26(18)4/h5-8,13-15H,9-12H2,1-4H3,(H2,21,22,23). The van der Waals surface area contributed by atoms with E-state index >= 15 is 0 Å². The fraction of sp³-hybridized carbons (Fsp3) is 0.500. The third-order valence-corrected chi connectivity index (χ3v) is 4.81. The second-order valence-electron chi connectivity index (χ2n) is 7.24. The summed E-state index contributed by atoms with van der Waals surface area (Å²) in [5, 5.41) is 10.5.